The van der Waals surface area contributed by atoms with Crippen molar-refractivity contribution in [2.75, 3.05) is 0 Å². The maximum atomic E-state index is 9.67. The summed E-state index contributed by atoms with van der Waals surface area (Å²) in [6, 6.07) is 0. The molecule has 0 bridgehead atoms. The molecule has 0 spiro atoms. The zero-order valence-electron chi connectivity index (χ0n) is 3.72. The normalized spacial score (nSPS) is 3.00. The molecule has 0 aliphatic carbocycles. The van der Waals surface area contributed by atoms with E-state index in [0.717, 1.165) is 0 Å². The van der Waals surface area contributed by atoms with Gasteiger partial charge in [0.15, 0.2) is 0 Å². The molecule has 0 fully saturated rings. The second-order valence-electron chi connectivity index (χ2n) is 0.247. The van der Waals surface area contributed by atoms with Gasteiger partial charge in [0, 0.05) is 0 Å². The summed E-state index contributed by atoms with van der Waals surface area (Å²) in [5.41, 5.74) is 0. The van der Waals surface area contributed by atoms with Crippen LogP contribution in [0.15, 0.2) is 0 Å². The zero-order chi connectivity index (χ0) is 3.58. The molecule has 0 heterocycles. The van der Waals surface area contributed by atoms with Crippen LogP contribution in [0.3, 0.4) is 0 Å². The molecule has 0 aromatic heterocycles. The van der Waals surface area contributed by atoms with Crippen LogP contribution >= 0.6 is 0 Å². The molecule has 0 saturated heterocycles. The molecule has 56 valence electrons. The molecular weight excluding hydrogens is 328 g/mol. The van der Waals surface area contributed by atoms with Gasteiger partial charge in [0.05, 0.1) is 0 Å². The molecule has 0 aromatic carbocycles. The Hall–Kier alpha value is 1.81. The first-order valence-corrected chi connectivity index (χ1v) is 0.655. The summed E-state index contributed by atoms with van der Waals surface area (Å²) in [4.78, 5) is 0. The van der Waals surface area contributed by atoms with Gasteiger partial charge in [0.2, 0.25) is 0 Å². The van der Waals surface area contributed by atoms with Gasteiger partial charge in [-0.1, -0.05) is 0 Å². The van der Waals surface area contributed by atoms with Crippen LogP contribution in [0.5, 0.6) is 0 Å². The average Bonchev–Trinajstić information content (AvgIpc) is 0.811. The average molecular weight is 328 g/mol. The van der Waals surface area contributed by atoms with E-state index in [1.165, 1.54) is 0 Å². The molecule has 0 aliphatic heterocycles. The summed E-state index contributed by atoms with van der Waals surface area (Å²) in [7, 11) is -3.67. The van der Waals surface area contributed by atoms with E-state index < -0.39 is 7.54 Å². The van der Waals surface area contributed by atoms with Crippen molar-refractivity contribution in [3.8, 4) is 0 Å². The number of rotatable bonds is 0. The number of hydrogen-bond donors (Lipinski definition) is 0. The molecule has 0 aliphatic rings. The standard InChI is InChI=1S/BF3.4ClH.Sn/c2-1(3)4;;;;;/h;4*1H;/q;;;;;+4/p-4. The van der Waals surface area contributed by atoms with E-state index in [4.69, 9.17) is 0 Å². The van der Waals surface area contributed by atoms with Crippen molar-refractivity contribution in [2.24, 2.45) is 0 Å². The fourth-order valence-electron chi connectivity index (χ4n) is 0. The molecule has 0 nitrogen and oxygen atoms in total. The monoisotopic (exact) mass is 328 g/mol. The molecule has 0 radical (unpaired) electrons. The van der Waals surface area contributed by atoms with E-state index in [1.54, 1.807) is 0 Å². The minimum atomic E-state index is -3.67. The Morgan fingerprint density at radius 3 is 0.667 bits per heavy atom. The predicted molar refractivity (Wildman–Crippen MR) is 14.8 cm³/mol. The maximum absolute atomic E-state index is 9.67. The van der Waals surface area contributed by atoms with E-state index in [0.29, 0.717) is 0 Å². The molecule has 0 rings (SSSR count). The SMILES string of the molecule is FB(F)F.[Cl-].[Cl-].[Cl-].[Cl-].[Sn+4]. The van der Waals surface area contributed by atoms with Crippen LogP contribution in [0.4, 0.5) is 12.9 Å². The fraction of sp³-hybridized carbons (Fsp3) is 0. The summed E-state index contributed by atoms with van der Waals surface area (Å²) in [5, 5.41) is 0. The first-order chi connectivity index (χ1) is 1.73. The quantitative estimate of drug-likeness (QED) is 0.388. The van der Waals surface area contributed by atoms with Crippen molar-refractivity contribution >= 4 is 31.5 Å². The van der Waals surface area contributed by atoms with Crippen molar-refractivity contribution in [3.05, 3.63) is 0 Å². The molecule has 0 amide bonds. The van der Waals surface area contributed by atoms with Crippen LogP contribution in [-0.4, -0.2) is 31.5 Å². The van der Waals surface area contributed by atoms with Gasteiger partial charge < -0.3 is 49.6 Å². The molecule has 9 heavy (non-hydrogen) atoms. The molecule has 0 unspecified atom stereocenters. The molecule has 0 N–H and O–H groups in total. The van der Waals surface area contributed by atoms with Crippen LogP contribution in [0.25, 0.3) is 0 Å². The van der Waals surface area contributed by atoms with Gasteiger partial charge in [-0.3, -0.25) is 12.9 Å². The summed E-state index contributed by atoms with van der Waals surface area (Å²) < 4.78 is 29.0. The Balaban J connectivity index is -0.00000000450. The second kappa shape index (κ2) is 32.9. The van der Waals surface area contributed by atoms with E-state index >= 15 is 0 Å². The molecule has 0 saturated carbocycles. The van der Waals surface area contributed by atoms with Crippen LogP contribution in [0.1, 0.15) is 0 Å². The van der Waals surface area contributed by atoms with Crippen LogP contribution in [0.2, 0.25) is 0 Å². The van der Waals surface area contributed by atoms with Gasteiger partial charge >= 0.3 is 31.5 Å². The van der Waals surface area contributed by atoms with E-state index in [2.05, 4.69) is 0 Å². The molecule has 0 aromatic rings. The van der Waals surface area contributed by atoms with Crippen LogP contribution < -0.4 is 49.6 Å². The molecule has 9 heteroatoms. The van der Waals surface area contributed by atoms with Crippen molar-refractivity contribution in [3.63, 3.8) is 0 Å². The summed E-state index contributed by atoms with van der Waals surface area (Å²) in [6.45, 7) is 0. The third kappa shape index (κ3) is 182. The fourth-order valence-corrected chi connectivity index (χ4v) is 0. The van der Waals surface area contributed by atoms with Crippen LogP contribution in [0, 0.1) is 0 Å². The number of hydrogen-bond acceptors (Lipinski definition) is 0. The van der Waals surface area contributed by atoms with Gasteiger partial charge in [-0.2, -0.15) is 0 Å². The van der Waals surface area contributed by atoms with Gasteiger partial charge in [0.1, 0.15) is 0 Å². The Bertz CT molecular complexity index is 20.5. The van der Waals surface area contributed by atoms with Crippen molar-refractivity contribution in [1.29, 1.82) is 0 Å². The topological polar surface area (TPSA) is 0 Å². The second-order valence-corrected chi connectivity index (χ2v) is 0.247. The maximum Gasteiger partial charge on any atom is 4.00 e. The van der Waals surface area contributed by atoms with Gasteiger partial charge in [0.25, 0.3) is 0 Å². The van der Waals surface area contributed by atoms with Crippen molar-refractivity contribution < 1.29 is 62.6 Å². The zero-order valence-corrected chi connectivity index (χ0v) is 9.60. The largest absolute Gasteiger partial charge is 4.00 e. The Morgan fingerprint density at radius 1 is 0.667 bits per heavy atom. The third-order valence-electron chi connectivity index (χ3n) is 0. The smallest absolute Gasteiger partial charge is 1.00 e. The Morgan fingerprint density at radius 2 is 0.667 bits per heavy atom. The van der Waals surface area contributed by atoms with E-state index in [-0.39, 0.29) is 73.5 Å². The van der Waals surface area contributed by atoms with Crippen molar-refractivity contribution in [1.82, 2.24) is 0 Å². The first-order valence-electron chi connectivity index (χ1n) is 0.655. The van der Waals surface area contributed by atoms with Gasteiger partial charge in [-0.25, -0.2) is 0 Å². The van der Waals surface area contributed by atoms with Crippen molar-refractivity contribution in [2.45, 2.75) is 0 Å². The number of halogens is 7. The van der Waals surface area contributed by atoms with E-state index in [1.807, 2.05) is 0 Å². The van der Waals surface area contributed by atoms with Gasteiger partial charge in [-0.15, -0.1) is 0 Å². The molecular formula is BCl4F3Sn. The Kier molecular flexibility index (Phi) is 164. The third-order valence-corrected chi connectivity index (χ3v) is 0. The minimum Gasteiger partial charge on any atom is -1.00 e. The minimum absolute atomic E-state index is 0. The summed E-state index contributed by atoms with van der Waals surface area (Å²) in [6.07, 6.45) is 0. The molecule has 0 atom stereocenters. The first kappa shape index (κ1) is 44.9. The van der Waals surface area contributed by atoms with Gasteiger partial charge in [-0.05, 0) is 0 Å². The Labute approximate surface area is 93.5 Å². The predicted octanol–water partition coefficient (Wildman–Crippen LogP) is -11.5. The van der Waals surface area contributed by atoms with E-state index in [9.17, 15) is 12.9 Å². The van der Waals surface area contributed by atoms with Crippen LogP contribution in [-0.2, 0) is 0 Å². The summed E-state index contributed by atoms with van der Waals surface area (Å²) in [5.74, 6) is 0. The summed E-state index contributed by atoms with van der Waals surface area (Å²) >= 11 is 0.